The maximum Gasteiger partial charge on any atom is 0.322 e. The maximum absolute atomic E-state index is 13.9. The largest absolute Gasteiger partial charge is 0.322 e. The molecule has 0 saturated heterocycles. The quantitative estimate of drug-likeness (QED) is 0.468. The normalized spacial score (nSPS) is 10.6. The van der Waals surface area contributed by atoms with Gasteiger partial charge in [-0.1, -0.05) is 53.5 Å². The molecule has 150 valence electrons. The van der Waals surface area contributed by atoms with Crippen LogP contribution < -0.4 is 5.32 Å². The minimum absolute atomic E-state index is 0.0890. The van der Waals surface area contributed by atoms with Crippen molar-refractivity contribution >= 4 is 34.9 Å². The molecule has 0 fully saturated rings. The summed E-state index contributed by atoms with van der Waals surface area (Å²) in [4.78, 5) is 14.3. The lowest BCUT2D eigenvalue weighted by Gasteiger charge is -2.24. The van der Waals surface area contributed by atoms with Gasteiger partial charge in [0.05, 0.1) is 5.69 Å². The third-order valence-corrected chi connectivity index (χ3v) is 4.94. The molecule has 3 rings (SSSR count). The van der Waals surface area contributed by atoms with Crippen molar-refractivity contribution in [2.24, 2.45) is 0 Å². The SMILES string of the molecule is O=C(Nc1ccccc1F)N(CCc1ccc(Cl)cc1Cl)Cc1ccc(F)cc1. The summed E-state index contributed by atoms with van der Waals surface area (Å²) in [7, 11) is 0. The Hall–Kier alpha value is -2.63. The highest BCUT2D eigenvalue weighted by atomic mass is 35.5. The summed E-state index contributed by atoms with van der Waals surface area (Å²) in [5, 5.41) is 3.62. The fourth-order valence-corrected chi connectivity index (χ4v) is 3.30. The van der Waals surface area contributed by atoms with Gasteiger partial charge in [0, 0.05) is 23.1 Å². The zero-order valence-corrected chi connectivity index (χ0v) is 16.9. The monoisotopic (exact) mass is 434 g/mol. The van der Waals surface area contributed by atoms with E-state index in [1.165, 1.54) is 29.2 Å². The van der Waals surface area contributed by atoms with Crippen LogP contribution in [-0.4, -0.2) is 17.5 Å². The molecular weight excluding hydrogens is 417 g/mol. The first-order valence-corrected chi connectivity index (χ1v) is 9.67. The third-order valence-electron chi connectivity index (χ3n) is 4.36. The minimum atomic E-state index is -0.525. The molecule has 1 N–H and O–H groups in total. The molecule has 0 aliphatic carbocycles. The smallest absolute Gasteiger partial charge is 0.320 e. The van der Waals surface area contributed by atoms with Gasteiger partial charge in [-0.2, -0.15) is 0 Å². The summed E-state index contributed by atoms with van der Waals surface area (Å²) in [5.41, 5.74) is 1.67. The van der Waals surface area contributed by atoms with Gasteiger partial charge in [0.1, 0.15) is 11.6 Å². The number of urea groups is 1. The number of nitrogens with zero attached hydrogens (tertiary/aromatic N) is 1. The molecule has 0 saturated carbocycles. The van der Waals surface area contributed by atoms with Gasteiger partial charge in [0.2, 0.25) is 0 Å². The Labute approximate surface area is 177 Å². The Bertz CT molecular complexity index is 996. The summed E-state index contributed by atoms with van der Waals surface area (Å²) in [6.07, 6.45) is 0.474. The van der Waals surface area contributed by atoms with E-state index in [1.807, 2.05) is 0 Å². The van der Waals surface area contributed by atoms with Crippen molar-refractivity contribution in [2.75, 3.05) is 11.9 Å². The molecule has 3 nitrogen and oxygen atoms in total. The predicted molar refractivity (Wildman–Crippen MR) is 112 cm³/mol. The highest BCUT2D eigenvalue weighted by Crippen LogP contribution is 2.22. The van der Waals surface area contributed by atoms with Crippen molar-refractivity contribution in [3.8, 4) is 0 Å². The van der Waals surface area contributed by atoms with E-state index in [0.717, 1.165) is 11.1 Å². The van der Waals surface area contributed by atoms with Gasteiger partial charge in [-0.05, 0) is 53.9 Å². The van der Waals surface area contributed by atoms with E-state index in [2.05, 4.69) is 5.32 Å². The van der Waals surface area contributed by atoms with Crippen LogP contribution in [0.25, 0.3) is 0 Å². The van der Waals surface area contributed by atoms with E-state index in [0.29, 0.717) is 23.0 Å². The van der Waals surface area contributed by atoms with Crippen LogP contribution in [0.2, 0.25) is 10.0 Å². The molecule has 7 heteroatoms. The van der Waals surface area contributed by atoms with Gasteiger partial charge in [0.15, 0.2) is 0 Å². The second-order valence-corrected chi connectivity index (χ2v) is 7.29. The molecular formula is C22H18Cl2F2N2O. The Morgan fingerprint density at radius 3 is 2.38 bits per heavy atom. The lowest BCUT2D eigenvalue weighted by Crippen LogP contribution is -2.36. The molecule has 0 atom stereocenters. The standard InChI is InChI=1S/C22H18Cl2F2N2O/c23-17-8-7-16(19(24)13-17)11-12-28(14-15-5-9-18(25)10-6-15)22(29)27-21-4-2-1-3-20(21)26/h1-10,13H,11-12,14H2,(H,27,29). The van der Waals surface area contributed by atoms with Gasteiger partial charge in [-0.25, -0.2) is 13.6 Å². The Morgan fingerprint density at radius 1 is 0.966 bits per heavy atom. The van der Waals surface area contributed by atoms with Crippen LogP contribution in [0.3, 0.4) is 0 Å². The highest BCUT2D eigenvalue weighted by molar-refractivity contribution is 6.35. The first kappa shape index (κ1) is 21.1. The third kappa shape index (κ3) is 5.92. The molecule has 0 heterocycles. The molecule has 0 unspecified atom stereocenters. The molecule has 29 heavy (non-hydrogen) atoms. The number of halogens is 4. The molecule has 0 aromatic heterocycles. The lowest BCUT2D eigenvalue weighted by molar-refractivity contribution is 0.209. The number of carbonyl (C=O) groups is 1. The minimum Gasteiger partial charge on any atom is -0.320 e. The average molecular weight is 435 g/mol. The zero-order chi connectivity index (χ0) is 20.8. The van der Waals surface area contributed by atoms with Crippen LogP contribution in [0.4, 0.5) is 19.3 Å². The molecule has 2 amide bonds. The predicted octanol–water partition coefficient (Wildman–Crippen LogP) is 6.55. The second-order valence-electron chi connectivity index (χ2n) is 6.44. The Kier molecular flexibility index (Phi) is 7.07. The summed E-state index contributed by atoms with van der Waals surface area (Å²) < 4.78 is 27.1. The number of benzene rings is 3. The van der Waals surface area contributed by atoms with Crippen LogP contribution in [0.5, 0.6) is 0 Å². The number of rotatable bonds is 6. The van der Waals surface area contributed by atoms with Crippen molar-refractivity contribution in [3.63, 3.8) is 0 Å². The van der Waals surface area contributed by atoms with E-state index in [-0.39, 0.29) is 18.0 Å². The molecule has 0 spiro atoms. The number of anilines is 1. The van der Waals surface area contributed by atoms with Crippen molar-refractivity contribution in [3.05, 3.63) is 99.5 Å². The first-order valence-electron chi connectivity index (χ1n) is 8.91. The van der Waals surface area contributed by atoms with E-state index < -0.39 is 11.8 Å². The summed E-state index contributed by atoms with van der Waals surface area (Å²) in [6.45, 7) is 0.546. The van der Waals surface area contributed by atoms with Crippen LogP contribution in [-0.2, 0) is 13.0 Å². The number of nitrogens with one attached hydrogen (secondary N) is 1. The molecule has 0 aliphatic heterocycles. The van der Waals surface area contributed by atoms with E-state index in [9.17, 15) is 13.6 Å². The van der Waals surface area contributed by atoms with E-state index in [4.69, 9.17) is 23.2 Å². The van der Waals surface area contributed by atoms with Gasteiger partial charge < -0.3 is 10.2 Å². The van der Waals surface area contributed by atoms with Crippen molar-refractivity contribution in [2.45, 2.75) is 13.0 Å². The van der Waals surface area contributed by atoms with Gasteiger partial charge in [-0.3, -0.25) is 0 Å². The maximum atomic E-state index is 13.9. The molecule has 0 bridgehead atoms. The summed E-state index contributed by atoms with van der Waals surface area (Å²) >= 11 is 12.2. The summed E-state index contributed by atoms with van der Waals surface area (Å²) in [6, 6.07) is 16.5. The highest BCUT2D eigenvalue weighted by Gasteiger charge is 2.16. The molecule has 3 aromatic rings. The number of hydrogen-bond acceptors (Lipinski definition) is 1. The van der Waals surface area contributed by atoms with Crippen LogP contribution in [0.1, 0.15) is 11.1 Å². The average Bonchev–Trinajstić information content (AvgIpc) is 2.69. The Balaban J connectivity index is 1.77. The van der Waals surface area contributed by atoms with Crippen molar-refractivity contribution in [1.82, 2.24) is 4.90 Å². The van der Waals surface area contributed by atoms with Crippen molar-refractivity contribution in [1.29, 1.82) is 0 Å². The fourth-order valence-electron chi connectivity index (χ4n) is 2.80. The Morgan fingerprint density at radius 2 is 1.69 bits per heavy atom. The number of para-hydroxylation sites is 1. The number of carbonyl (C=O) groups excluding carboxylic acids is 1. The fraction of sp³-hybridized carbons (Fsp3) is 0.136. The topological polar surface area (TPSA) is 32.3 Å². The summed E-state index contributed by atoms with van der Waals surface area (Å²) in [5.74, 6) is -0.882. The van der Waals surface area contributed by atoms with Crippen molar-refractivity contribution < 1.29 is 13.6 Å². The first-order chi connectivity index (χ1) is 13.9. The van der Waals surface area contributed by atoms with E-state index in [1.54, 1.807) is 42.5 Å². The number of amides is 2. The van der Waals surface area contributed by atoms with Gasteiger partial charge in [-0.15, -0.1) is 0 Å². The van der Waals surface area contributed by atoms with Crippen LogP contribution >= 0.6 is 23.2 Å². The zero-order valence-electron chi connectivity index (χ0n) is 15.3. The van der Waals surface area contributed by atoms with Gasteiger partial charge in [0.25, 0.3) is 0 Å². The van der Waals surface area contributed by atoms with Crippen LogP contribution in [0.15, 0.2) is 66.7 Å². The molecule has 0 radical (unpaired) electrons. The van der Waals surface area contributed by atoms with E-state index >= 15 is 0 Å². The second kappa shape index (κ2) is 9.72. The number of hydrogen-bond donors (Lipinski definition) is 1. The van der Waals surface area contributed by atoms with Gasteiger partial charge >= 0.3 is 6.03 Å². The molecule has 3 aromatic carbocycles. The van der Waals surface area contributed by atoms with Crippen LogP contribution in [0, 0.1) is 11.6 Å². The molecule has 0 aliphatic rings. The lowest BCUT2D eigenvalue weighted by atomic mass is 10.1.